The minimum Gasteiger partial charge on any atom is -0.468 e. The Labute approximate surface area is 148 Å². The number of likely N-dealkylation sites (N-methyl/N-ethyl adjacent to an activating group) is 1. The quantitative estimate of drug-likeness (QED) is 0.594. The van der Waals surface area contributed by atoms with E-state index in [-0.39, 0.29) is 6.04 Å². The van der Waals surface area contributed by atoms with Gasteiger partial charge in [0.25, 0.3) is 0 Å². The molecule has 0 amide bonds. The van der Waals surface area contributed by atoms with Crippen molar-refractivity contribution in [3.63, 3.8) is 0 Å². The van der Waals surface area contributed by atoms with Gasteiger partial charge >= 0.3 is 0 Å². The Hall–Kier alpha value is -1.86. The molecule has 1 atom stereocenters. The third-order valence-electron chi connectivity index (χ3n) is 3.75. The molecule has 1 unspecified atom stereocenters. The molecule has 0 fully saturated rings. The van der Waals surface area contributed by atoms with E-state index in [2.05, 4.69) is 39.4 Å². The van der Waals surface area contributed by atoms with E-state index in [1.807, 2.05) is 33.2 Å². The van der Waals surface area contributed by atoms with Crippen molar-refractivity contribution in [2.24, 2.45) is 4.99 Å². The number of hydrogen-bond donors (Lipinski definition) is 2. The summed E-state index contributed by atoms with van der Waals surface area (Å²) in [6, 6.07) is 4.06. The number of thiazole rings is 1. The van der Waals surface area contributed by atoms with Gasteiger partial charge in [0.1, 0.15) is 10.8 Å². The molecule has 132 valence electrons. The SMILES string of the molecule is CCNC(=NCc1nc(C)c(C)s1)NCC(c1ccco1)N(C)C. The molecule has 0 aliphatic rings. The van der Waals surface area contributed by atoms with Gasteiger partial charge in [-0.25, -0.2) is 9.98 Å². The number of aryl methyl sites for hydroxylation is 2. The van der Waals surface area contributed by atoms with Gasteiger partial charge in [-0.1, -0.05) is 0 Å². The zero-order chi connectivity index (χ0) is 17.5. The maximum absolute atomic E-state index is 5.54. The molecular weight excluding hydrogens is 322 g/mol. The third kappa shape index (κ3) is 5.07. The molecule has 0 saturated heterocycles. The molecule has 2 N–H and O–H groups in total. The van der Waals surface area contributed by atoms with Crippen molar-refractivity contribution in [2.75, 3.05) is 27.2 Å². The highest BCUT2D eigenvalue weighted by Crippen LogP contribution is 2.18. The fourth-order valence-electron chi connectivity index (χ4n) is 2.31. The van der Waals surface area contributed by atoms with Crippen LogP contribution in [0.5, 0.6) is 0 Å². The van der Waals surface area contributed by atoms with E-state index >= 15 is 0 Å². The van der Waals surface area contributed by atoms with Crippen LogP contribution < -0.4 is 10.6 Å². The van der Waals surface area contributed by atoms with Crippen LogP contribution in [0.3, 0.4) is 0 Å². The van der Waals surface area contributed by atoms with Crippen molar-refractivity contribution in [1.82, 2.24) is 20.5 Å². The number of hydrogen-bond acceptors (Lipinski definition) is 5. The number of nitrogens with zero attached hydrogens (tertiary/aromatic N) is 3. The molecule has 2 heterocycles. The molecule has 2 aromatic rings. The number of aliphatic imine (C=N–C) groups is 1. The lowest BCUT2D eigenvalue weighted by atomic mass is 10.2. The Morgan fingerprint density at radius 2 is 2.17 bits per heavy atom. The summed E-state index contributed by atoms with van der Waals surface area (Å²) in [5.74, 6) is 1.73. The highest BCUT2D eigenvalue weighted by Gasteiger charge is 2.17. The lowest BCUT2D eigenvalue weighted by molar-refractivity contribution is 0.258. The summed E-state index contributed by atoms with van der Waals surface area (Å²) >= 11 is 1.70. The normalized spacial score (nSPS) is 13.3. The Bertz CT molecular complexity index is 628. The van der Waals surface area contributed by atoms with Crippen LogP contribution in [0.1, 0.15) is 34.3 Å². The second-order valence-corrected chi connectivity index (χ2v) is 7.11. The van der Waals surface area contributed by atoms with Gasteiger partial charge in [0.05, 0.1) is 24.5 Å². The maximum Gasteiger partial charge on any atom is 0.191 e. The highest BCUT2D eigenvalue weighted by atomic mass is 32.1. The van der Waals surface area contributed by atoms with Crippen molar-refractivity contribution < 1.29 is 4.42 Å². The molecule has 0 radical (unpaired) electrons. The van der Waals surface area contributed by atoms with Crippen LogP contribution in [-0.4, -0.2) is 43.0 Å². The number of aromatic nitrogens is 1. The minimum atomic E-state index is 0.146. The summed E-state index contributed by atoms with van der Waals surface area (Å²) < 4.78 is 5.54. The molecule has 2 aromatic heterocycles. The first-order valence-corrected chi connectivity index (χ1v) is 8.97. The Kier molecular flexibility index (Phi) is 6.81. The molecule has 6 nitrogen and oxygen atoms in total. The first-order chi connectivity index (χ1) is 11.5. The fraction of sp³-hybridized carbons (Fsp3) is 0.529. The van der Waals surface area contributed by atoms with Crippen LogP contribution in [-0.2, 0) is 6.54 Å². The topological polar surface area (TPSA) is 65.7 Å². The smallest absolute Gasteiger partial charge is 0.191 e. The van der Waals surface area contributed by atoms with Gasteiger partial charge in [-0.3, -0.25) is 4.90 Å². The summed E-state index contributed by atoms with van der Waals surface area (Å²) in [4.78, 5) is 12.6. The molecule has 0 aliphatic carbocycles. The standard InChI is InChI=1S/C17H27N5OS/c1-6-18-17(20-11-16-21-12(2)13(3)24-16)19-10-14(22(4)5)15-8-7-9-23-15/h7-9,14H,6,10-11H2,1-5H3,(H2,18,19,20). The summed E-state index contributed by atoms with van der Waals surface area (Å²) in [5.41, 5.74) is 1.09. The van der Waals surface area contributed by atoms with Gasteiger partial charge < -0.3 is 15.1 Å². The van der Waals surface area contributed by atoms with Crippen LogP contribution in [0.4, 0.5) is 0 Å². The average molecular weight is 350 g/mol. The second-order valence-electron chi connectivity index (χ2n) is 5.82. The van der Waals surface area contributed by atoms with Gasteiger partial charge in [0, 0.05) is 18.0 Å². The molecule has 24 heavy (non-hydrogen) atoms. The van der Waals surface area contributed by atoms with Crippen LogP contribution >= 0.6 is 11.3 Å². The van der Waals surface area contributed by atoms with Crippen molar-refractivity contribution in [2.45, 2.75) is 33.4 Å². The minimum absolute atomic E-state index is 0.146. The van der Waals surface area contributed by atoms with Crippen LogP contribution in [0, 0.1) is 13.8 Å². The second kappa shape index (κ2) is 8.84. The number of rotatable bonds is 7. The summed E-state index contributed by atoms with van der Waals surface area (Å²) in [5, 5.41) is 7.72. The van der Waals surface area contributed by atoms with Gasteiger partial charge in [-0.2, -0.15) is 0 Å². The number of furan rings is 1. The molecule has 0 aliphatic heterocycles. The monoisotopic (exact) mass is 349 g/mol. The van der Waals surface area contributed by atoms with E-state index in [1.165, 1.54) is 4.88 Å². The molecule has 0 spiro atoms. The van der Waals surface area contributed by atoms with Crippen LogP contribution in [0.25, 0.3) is 0 Å². The molecule has 2 rings (SSSR count). The lowest BCUT2D eigenvalue weighted by Crippen LogP contribution is -2.41. The highest BCUT2D eigenvalue weighted by molar-refractivity contribution is 7.11. The van der Waals surface area contributed by atoms with Gasteiger partial charge in [-0.15, -0.1) is 11.3 Å². The van der Waals surface area contributed by atoms with E-state index in [4.69, 9.17) is 4.42 Å². The lowest BCUT2D eigenvalue weighted by Gasteiger charge is -2.23. The Morgan fingerprint density at radius 1 is 1.38 bits per heavy atom. The van der Waals surface area contributed by atoms with Crippen LogP contribution in [0.2, 0.25) is 0 Å². The van der Waals surface area contributed by atoms with E-state index < -0.39 is 0 Å². The summed E-state index contributed by atoms with van der Waals surface area (Å²) in [7, 11) is 4.08. The zero-order valence-electron chi connectivity index (χ0n) is 15.1. The predicted octanol–water partition coefficient (Wildman–Crippen LogP) is 2.71. The fourth-order valence-corrected chi connectivity index (χ4v) is 3.17. The summed E-state index contributed by atoms with van der Waals surface area (Å²) in [6.07, 6.45) is 1.71. The average Bonchev–Trinajstić information content (AvgIpc) is 3.15. The molecular formula is C17H27N5OS. The van der Waals surface area contributed by atoms with E-state index in [1.54, 1.807) is 17.6 Å². The van der Waals surface area contributed by atoms with Gasteiger partial charge in [-0.05, 0) is 47.0 Å². The molecule has 0 aromatic carbocycles. The van der Waals surface area contributed by atoms with Crippen molar-refractivity contribution >= 4 is 17.3 Å². The largest absolute Gasteiger partial charge is 0.468 e. The van der Waals surface area contributed by atoms with Gasteiger partial charge in [0.2, 0.25) is 0 Å². The van der Waals surface area contributed by atoms with E-state index in [0.717, 1.165) is 29.0 Å². The predicted molar refractivity (Wildman–Crippen MR) is 99.5 cm³/mol. The van der Waals surface area contributed by atoms with Crippen molar-refractivity contribution in [3.05, 3.63) is 39.7 Å². The Morgan fingerprint density at radius 3 is 2.71 bits per heavy atom. The Balaban J connectivity index is 2.00. The molecule has 0 saturated carbocycles. The van der Waals surface area contributed by atoms with E-state index in [0.29, 0.717) is 13.1 Å². The first kappa shape index (κ1) is 18.5. The third-order valence-corrected chi connectivity index (χ3v) is 4.80. The van der Waals surface area contributed by atoms with Gasteiger partial charge in [0.15, 0.2) is 5.96 Å². The molecule has 0 bridgehead atoms. The van der Waals surface area contributed by atoms with Crippen molar-refractivity contribution in [3.8, 4) is 0 Å². The number of guanidine groups is 1. The van der Waals surface area contributed by atoms with Crippen LogP contribution in [0.15, 0.2) is 27.8 Å². The number of nitrogens with one attached hydrogen (secondary N) is 2. The maximum atomic E-state index is 5.54. The first-order valence-electron chi connectivity index (χ1n) is 8.16. The van der Waals surface area contributed by atoms with E-state index in [9.17, 15) is 0 Å². The molecule has 7 heteroatoms. The van der Waals surface area contributed by atoms with Crippen molar-refractivity contribution in [1.29, 1.82) is 0 Å². The summed E-state index contributed by atoms with van der Waals surface area (Å²) in [6.45, 7) is 8.30. The zero-order valence-corrected chi connectivity index (χ0v) is 15.9.